The molecule has 0 amide bonds. The van der Waals surface area contributed by atoms with Crippen molar-refractivity contribution in [2.45, 2.75) is 13.8 Å². The Hall–Kier alpha value is -1.47. The van der Waals surface area contributed by atoms with Crippen molar-refractivity contribution in [3.8, 4) is 0 Å². The van der Waals surface area contributed by atoms with Crippen molar-refractivity contribution in [2.24, 2.45) is 5.92 Å². The SMILES string of the molecule is CCOC(=O)C(C(=O)OCC)C(=O)c1cc(Br)cnc1Cl. The van der Waals surface area contributed by atoms with E-state index in [1.54, 1.807) is 13.8 Å². The van der Waals surface area contributed by atoms with Crippen molar-refractivity contribution in [2.75, 3.05) is 13.2 Å². The Bertz CT molecular complexity index is 545. The van der Waals surface area contributed by atoms with Crippen molar-refractivity contribution >= 4 is 45.3 Å². The van der Waals surface area contributed by atoms with Crippen LogP contribution in [0.3, 0.4) is 0 Å². The first-order valence-corrected chi connectivity index (χ1v) is 7.27. The van der Waals surface area contributed by atoms with Crippen LogP contribution in [0.1, 0.15) is 24.2 Å². The first-order chi connectivity index (χ1) is 9.92. The third-order valence-electron chi connectivity index (χ3n) is 2.38. The Labute approximate surface area is 134 Å². The van der Waals surface area contributed by atoms with Crippen LogP contribution in [0.25, 0.3) is 0 Å². The van der Waals surface area contributed by atoms with E-state index in [2.05, 4.69) is 20.9 Å². The van der Waals surface area contributed by atoms with E-state index in [0.717, 1.165) is 0 Å². The maximum atomic E-state index is 12.4. The second kappa shape index (κ2) is 8.09. The molecule has 1 aromatic rings. The summed E-state index contributed by atoms with van der Waals surface area (Å²) in [6.07, 6.45) is 1.39. The normalized spacial score (nSPS) is 10.3. The quantitative estimate of drug-likeness (QED) is 0.327. The molecule has 8 heteroatoms. The van der Waals surface area contributed by atoms with Crippen LogP contribution in [0.5, 0.6) is 0 Å². The standard InChI is InChI=1S/C13H13BrClNO5/c1-3-20-12(18)9(13(19)21-4-2)10(17)8-5-7(14)6-16-11(8)15/h5-6,9H,3-4H2,1-2H3. The second-order valence-corrected chi connectivity index (χ2v) is 5.07. The molecule has 0 atom stereocenters. The van der Waals surface area contributed by atoms with Crippen LogP contribution in [0.15, 0.2) is 16.7 Å². The summed E-state index contributed by atoms with van der Waals surface area (Å²) in [5.74, 6) is -4.47. The molecule has 6 nitrogen and oxygen atoms in total. The van der Waals surface area contributed by atoms with Gasteiger partial charge in [-0.15, -0.1) is 0 Å². The van der Waals surface area contributed by atoms with Gasteiger partial charge in [0, 0.05) is 10.7 Å². The smallest absolute Gasteiger partial charge is 0.328 e. The fraction of sp³-hybridized carbons (Fsp3) is 0.385. The average molecular weight is 379 g/mol. The van der Waals surface area contributed by atoms with Crippen molar-refractivity contribution in [1.82, 2.24) is 4.98 Å². The molecule has 0 aliphatic heterocycles. The Morgan fingerprint density at radius 3 is 2.24 bits per heavy atom. The van der Waals surface area contributed by atoms with Gasteiger partial charge in [-0.3, -0.25) is 14.4 Å². The summed E-state index contributed by atoms with van der Waals surface area (Å²) in [4.78, 5) is 39.9. The molecule has 1 rings (SSSR count). The molecular weight excluding hydrogens is 366 g/mol. The molecule has 114 valence electrons. The molecule has 0 radical (unpaired) electrons. The van der Waals surface area contributed by atoms with Gasteiger partial charge in [-0.2, -0.15) is 0 Å². The van der Waals surface area contributed by atoms with Gasteiger partial charge in [0.1, 0.15) is 5.15 Å². The number of carbonyl (C=O) groups excluding carboxylic acids is 3. The highest BCUT2D eigenvalue weighted by molar-refractivity contribution is 9.10. The molecule has 0 aliphatic carbocycles. The average Bonchev–Trinajstić information content (AvgIpc) is 2.42. The predicted octanol–water partition coefficient (Wildman–Crippen LogP) is 2.42. The Balaban J connectivity index is 3.18. The molecular formula is C13H13BrClNO5. The molecule has 1 aromatic heterocycles. The summed E-state index contributed by atoms with van der Waals surface area (Å²) < 4.78 is 9.98. The van der Waals surface area contributed by atoms with Gasteiger partial charge in [0.25, 0.3) is 0 Å². The van der Waals surface area contributed by atoms with E-state index in [-0.39, 0.29) is 23.9 Å². The van der Waals surface area contributed by atoms with E-state index in [1.165, 1.54) is 12.3 Å². The topological polar surface area (TPSA) is 82.6 Å². The fourth-order valence-electron chi connectivity index (χ4n) is 1.51. The minimum absolute atomic E-state index is 0.0342. The Kier molecular flexibility index (Phi) is 6.77. The second-order valence-electron chi connectivity index (χ2n) is 3.79. The number of hydrogen-bond donors (Lipinski definition) is 0. The number of Topliss-reactive ketones (excluding diaryl/α,β-unsaturated/α-hetero) is 1. The van der Waals surface area contributed by atoms with Gasteiger partial charge in [0.05, 0.1) is 18.8 Å². The van der Waals surface area contributed by atoms with Crippen LogP contribution in [0, 0.1) is 5.92 Å². The zero-order chi connectivity index (χ0) is 16.0. The van der Waals surface area contributed by atoms with E-state index in [4.69, 9.17) is 21.1 Å². The Morgan fingerprint density at radius 2 is 1.76 bits per heavy atom. The minimum Gasteiger partial charge on any atom is -0.465 e. The fourth-order valence-corrected chi connectivity index (χ4v) is 2.04. The molecule has 0 saturated heterocycles. The molecule has 0 N–H and O–H groups in total. The molecule has 0 bridgehead atoms. The van der Waals surface area contributed by atoms with Gasteiger partial charge in [-0.05, 0) is 35.8 Å². The van der Waals surface area contributed by atoms with E-state index in [1.807, 2.05) is 0 Å². The third-order valence-corrected chi connectivity index (χ3v) is 3.11. The number of ketones is 1. The summed E-state index contributed by atoms with van der Waals surface area (Å²) in [6.45, 7) is 3.20. The lowest BCUT2D eigenvalue weighted by Gasteiger charge is -2.14. The van der Waals surface area contributed by atoms with Gasteiger partial charge in [-0.1, -0.05) is 11.6 Å². The minimum atomic E-state index is -1.71. The number of nitrogens with zero attached hydrogens (tertiary/aromatic N) is 1. The van der Waals surface area contributed by atoms with Crippen LogP contribution in [-0.2, 0) is 19.1 Å². The first-order valence-electron chi connectivity index (χ1n) is 6.10. The number of carbonyl (C=O) groups is 3. The van der Waals surface area contributed by atoms with E-state index >= 15 is 0 Å². The number of ether oxygens (including phenoxy) is 2. The lowest BCUT2D eigenvalue weighted by Crippen LogP contribution is -2.35. The summed E-state index contributed by atoms with van der Waals surface area (Å²) in [7, 11) is 0. The zero-order valence-corrected chi connectivity index (χ0v) is 13.7. The van der Waals surface area contributed by atoms with Gasteiger partial charge in [0.15, 0.2) is 5.78 Å². The summed E-state index contributed by atoms with van der Waals surface area (Å²) in [6, 6.07) is 1.38. The number of hydrogen-bond acceptors (Lipinski definition) is 6. The summed E-state index contributed by atoms with van der Waals surface area (Å²) in [5.41, 5.74) is -0.0582. The van der Waals surface area contributed by atoms with Crippen molar-refractivity contribution in [1.29, 1.82) is 0 Å². The molecule has 0 spiro atoms. The molecule has 0 saturated carbocycles. The predicted molar refractivity (Wildman–Crippen MR) is 78.0 cm³/mol. The number of halogens is 2. The molecule has 0 fully saturated rings. The highest BCUT2D eigenvalue weighted by Crippen LogP contribution is 2.22. The van der Waals surface area contributed by atoms with Crippen molar-refractivity contribution < 1.29 is 23.9 Å². The monoisotopic (exact) mass is 377 g/mol. The van der Waals surface area contributed by atoms with Gasteiger partial charge < -0.3 is 9.47 Å². The van der Waals surface area contributed by atoms with Crippen molar-refractivity contribution in [3.05, 3.63) is 27.5 Å². The number of rotatable bonds is 6. The highest BCUT2D eigenvalue weighted by Gasteiger charge is 2.38. The van der Waals surface area contributed by atoms with Gasteiger partial charge in [-0.25, -0.2) is 4.98 Å². The van der Waals surface area contributed by atoms with E-state index in [9.17, 15) is 14.4 Å². The molecule has 0 unspecified atom stereocenters. The van der Waals surface area contributed by atoms with Crippen LogP contribution < -0.4 is 0 Å². The maximum Gasteiger partial charge on any atom is 0.328 e. The molecule has 1 heterocycles. The van der Waals surface area contributed by atoms with Crippen molar-refractivity contribution in [3.63, 3.8) is 0 Å². The summed E-state index contributed by atoms with van der Waals surface area (Å²) >= 11 is 8.99. The molecule has 21 heavy (non-hydrogen) atoms. The zero-order valence-electron chi connectivity index (χ0n) is 11.4. The van der Waals surface area contributed by atoms with Crippen LogP contribution in [0.2, 0.25) is 5.15 Å². The number of aromatic nitrogens is 1. The van der Waals surface area contributed by atoms with E-state index in [0.29, 0.717) is 4.47 Å². The molecule has 0 aliphatic rings. The lowest BCUT2D eigenvalue weighted by atomic mass is 9.99. The third kappa shape index (κ3) is 4.50. The molecule has 0 aromatic carbocycles. The highest BCUT2D eigenvalue weighted by atomic mass is 79.9. The van der Waals surface area contributed by atoms with Crippen LogP contribution in [-0.4, -0.2) is 35.9 Å². The first kappa shape index (κ1) is 17.6. The van der Waals surface area contributed by atoms with Gasteiger partial charge in [0.2, 0.25) is 5.92 Å². The van der Waals surface area contributed by atoms with Gasteiger partial charge >= 0.3 is 11.9 Å². The van der Waals surface area contributed by atoms with Crippen LogP contribution in [0.4, 0.5) is 0 Å². The lowest BCUT2D eigenvalue weighted by molar-refractivity contribution is -0.158. The largest absolute Gasteiger partial charge is 0.465 e. The maximum absolute atomic E-state index is 12.4. The van der Waals surface area contributed by atoms with E-state index < -0.39 is 23.6 Å². The Morgan fingerprint density at radius 1 is 1.24 bits per heavy atom. The van der Waals surface area contributed by atoms with Crippen LogP contribution >= 0.6 is 27.5 Å². The number of esters is 2. The number of pyridine rings is 1. The summed E-state index contributed by atoms with van der Waals surface area (Å²) in [5, 5.41) is -0.109.